The molecule has 0 radical (unpaired) electrons. The fourth-order valence-electron chi connectivity index (χ4n) is 0.341. The highest BCUT2D eigenvalue weighted by molar-refractivity contribution is 5.91. The van der Waals surface area contributed by atoms with Crippen molar-refractivity contribution in [2.75, 3.05) is 7.11 Å². The number of methoxy groups -OCH3 is 1. The molecule has 0 spiro atoms. The highest BCUT2D eigenvalue weighted by Crippen LogP contribution is 1.95. The van der Waals surface area contributed by atoms with Crippen LogP contribution in [0.25, 0.3) is 0 Å². The molecule has 7 nitrogen and oxygen atoms in total. The maximum absolute atomic E-state index is 9.87. The average molecular weight is 233 g/mol. The van der Waals surface area contributed by atoms with E-state index in [4.69, 9.17) is 10.2 Å². The summed E-state index contributed by atoms with van der Waals surface area (Å²) in [5.74, 6) is -2.84. The quantitative estimate of drug-likeness (QED) is 0.478. The fourth-order valence-corrected chi connectivity index (χ4v) is 0.341. The van der Waals surface area contributed by atoms with Gasteiger partial charge in [-0.3, -0.25) is 4.79 Å². The van der Waals surface area contributed by atoms with Crippen molar-refractivity contribution in [2.24, 2.45) is 0 Å². The summed E-state index contributed by atoms with van der Waals surface area (Å²) in [5, 5.41) is 16.1. The van der Waals surface area contributed by atoms with Gasteiger partial charge in [-0.25, -0.2) is 9.59 Å². The smallest absolute Gasteiger partial charge is 0.331 e. The fraction of sp³-hybridized carbons (Fsp3) is 0.222. The Balaban J connectivity index is -0.000000214. The Labute approximate surface area is 92.6 Å². The highest BCUT2D eigenvalue weighted by Gasteiger charge is 2.07. The van der Waals surface area contributed by atoms with Crippen LogP contribution in [0, 0.1) is 0 Å². The molecule has 7 heteroatoms. The Morgan fingerprint density at radius 1 is 1.31 bits per heavy atom. The lowest BCUT2D eigenvalue weighted by atomic mass is 10.2. The van der Waals surface area contributed by atoms with Crippen molar-refractivity contribution in [3.05, 3.63) is 24.8 Å². The van der Waals surface area contributed by atoms with Crippen LogP contribution in [0.15, 0.2) is 24.8 Å². The summed E-state index contributed by atoms with van der Waals surface area (Å²) < 4.78 is 4.14. The van der Waals surface area contributed by atoms with Gasteiger partial charge in [0.2, 0.25) is 0 Å². The van der Waals surface area contributed by atoms with E-state index in [1.807, 2.05) is 0 Å². The zero-order chi connectivity index (χ0) is 12.4. The van der Waals surface area contributed by atoms with E-state index in [0.29, 0.717) is 0 Å². The minimum absolute atomic E-state index is 0. The molecule has 16 heavy (non-hydrogen) atoms. The monoisotopic (exact) mass is 233 g/mol. The zero-order valence-electron chi connectivity index (χ0n) is 8.93. The van der Waals surface area contributed by atoms with E-state index in [2.05, 4.69) is 17.9 Å². The van der Waals surface area contributed by atoms with Gasteiger partial charge in [0.25, 0.3) is 0 Å². The van der Waals surface area contributed by atoms with Crippen molar-refractivity contribution >= 4 is 17.9 Å². The Morgan fingerprint density at radius 3 is 1.81 bits per heavy atom. The summed E-state index contributed by atoms with van der Waals surface area (Å²) in [4.78, 5) is 29.5. The number of aliphatic carboxylic acids is 2. The standard InChI is InChI=1S/C5H6O4.C4H6O2.H3N/c1-3(5(8)9)2-4(6)7;1-3-4(5)6-2;/h1-2H2,(H,6,7)(H,8,9);3H,1H2,2H3;1H3. The molecule has 0 fully saturated rings. The number of carboxylic acid groups (broad SMARTS) is 2. The van der Waals surface area contributed by atoms with Crippen LogP contribution in [-0.2, 0) is 19.1 Å². The van der Waals surface area contributed by atoms with Crippen molar-refractivity contribution in [3.63, 3.8) is 0 Å². The molecule has 0 aromatic rings. The van der Waals surface area contributed by atoms with Gasteiger partial charge in [-0.15, -0.1) is 0 Å². The molecule has 0 aliphatic rings. The van der Waals surface area contributed by atoms with Crippen molar-refractivity contribution in [3.8, 4) is 0 Å². The molecule has 0 amide bonds. The van der Waals surface area contributed by atoms with Gasteiger partial charge in [0, 0.05) is 11.6 Å². The number of esters is 1. The van der Waals surface area contributed by atoms with Crippen LogP contribution in [0.1, 0.15) is 6.42 Å². The number of carbonyl (C=O) groups excluding carboxylic acids is 1. The maximum Gasteiger partial charge on any atom is 0.331 e. The maximum atomic E-state index is 9.87. The van der Waals surface area contributed by atoms with E-state index < -0.39 is 24.3 Å². The van der Waals surface area contributed by atoms with Gasteiger partial charge >= 0.3 is 17.9 Å². The summed E-state index contributed by atoms with van der Waals surface area (Å²) in [7, 11) is 1.31. The van der Waals surface area contributed by atoms with Gasteiger partial charge < -0.3 is 21.1 Å². The lowest BCUT2D eigenvalue weighted by molar-refractivity contribution is -0.139. The first kappa shape index (κ1) is 19.4. The zero-order valence-corrected chi connectivity index (χ0v) is 8.93. The van der Waals surface area contributed by atoms with Gasteiger partial charge in [-0.05, 0) is 0 Å². The third-order valence-electron chi connectivity index (χ3n) is 1.03. The molecule has 0 aliphatic heterocycles. The van der Waals surface area contributed by atoms with E-state index in [1.54, 1.807) is 0 Å². The molecule has 0 heterocycles. The van der Waals surface area contributed by atoms with E-state index in [0.717, 1.165) is 6.08 Å². The molecule has 0 saturated carbocycles. The molecular formula is C9H15NO6. The Morgan fingerprint density at radius 2 is 1.75 bits per heavy atom. The number of hydrogen-bond donors (Lipinski definition) is 3. The predicted molar refractivity (Wildman–Crippen MR) is 56.3 cm³/mol. The molecule has 0 saturated heterocycles. The van der Waals surface area contributed by atoms with Crippen LogP contribution in [0.2, 0.25) is 0 Å². The van der Waals surface area contributed by atoms with Gasteiger partial charge in [0.15, 0.2) is 0 Å². The molecule has 0 aromatic heterocycles. The summed E-state index contributed by atoms with van der Waals surface area (Å²) in [6.45, 7) is 6.17. The first-order valence-corrected chi connectivity index (χ1v) is 3.68. The van der Waals surface area contributed by atoms with Crippen molar-refractivity contribution in [2.45, 2.75) is 6.42 Å². The largest absolute Gasteiger partial charge is 0.481 e. The summed E-state index contributed by atoms with van der Waals surface area (Å²) in [6, 6.07) is 0. The molecule has 0 rings (SSSR count). The lowest BCUT2D eigenvalue weighted by Gasteiger charge is -1.91. The van der Waals surface area contributed by atoms with E-state index in [9.17, 15) is 14.4 Å². The average Bonchev–Trinajstić information content (AvgIpc) is 2.16. The summed E-state index contributed by atoms with van der Waals surface area (Å²) in [5.41, 5.74) is -0.303. The number of carbonyl (C=O) groups is 3. The predicted octanol–water partition coefficient (Wildman–Crippen LogP) is 0.609. The summed E-state index contributed by atoms with van der Waals surface area (Å²) >= 11 is 0. The number of rotatable bonds is 4. The molecule has 92 valence electrons. The molecule has 0 unspecified atom stereocenters. The molecule has 0 aromatic carbocycles. The minimum Gasteiger partial charge on any atom is -0.481 e. The third-order valence-corrected chi connectivity index (χ3v) is 1.03. The van der Waals surface area contributed by atoms with Gasteiger partial charge in [0.1, 0.15) is 0 Å². The second kappa shape index (κ2) is 10.9. The van der Waals surface area contributed by atoms with E-state index in [-0.39, 0.29) is 11.7 Å². The van der Waals surface area contributed by atoms with Gasteiger partial charge in [-0.2, -0.15) is 0 Å². The van der Waals surface area contributed by atoms with Crippen molar-refractivity contribution in [1.82, 2.24) is 6.15 Å². The first-order chi connectivity index (χ1) is 6.84. The lowest BCUT2D eigenvalue weighted by Crippen LogP contribution is -2.04. The Hall–Kier alpha value is -2.15. The third kappa shape index (κ3) is 14.4. The van der Waals surface area contributed by atoms with E-state index >= 15 is 0 Å². The van der Waals surface area contributed by atoms with Crippen LogP contribution >= 0.6 is 0 Å². The second-order valence-corrected chi connectivity index (χ2v) is 2.21. The number of carboxylic acids is 2. The minimum atomic E-state index is -1.27. The van der Waals surface area contributed by atoms with Gasteiger partial charge in [-0.1, -0.05) is 13.2 Å². The number of hydrogen-bond acceptors (Lipinski definition) is 5. The SMILES string of the molecule is C=C(CC(=O)O)C(=O)O.C=CC(=O)OC.N. The molecular weight excluding hydrogens is 218 g/mol. The second-order valence-electron chi connectivity index (χ2n) is 2.21. The van der Waals surface area contributed by atoms with Crippen LogP contribution in [-0.4, -0.2) is 35.2 Å². The topological polar surface area (TPSA) is 136 Å². The Bertz CT molecular complexity index is 284. The summed E-state index contributed by atoms with van der Waals surface area (Å²) in [6.07, 6.45) is 0.606. The van der Waals surface area contributed by atoms with Crippen LogP contribution < -0.4 is 6.15 Å². The van der Waals surface area contributed by atoms with Crippen LogP contribution in [0.4, 0.5) is 0 Å². The number of ether oxygens (including phenoxy) is 1. The van der Waals surface area contributed by atoms with E-state index in [1.165, 1.54) is 7.11 Å². The van der Waals surface area contributed by atoms with Crippen molar-refractivity contribution in [1.29, 1.82) is 0 Å². The van der Waals surface area contributed by atoms with Crippen LogP contribution in [0.5, 0.6) is 0 Å². The molecule has 5 N–H and O–H groups in total. The normalized spacial score (nSPS) is 7.31. The molecule has 0 atom stereocenters. The Kier molecular flexibility index (Phi) is 13.3. The highest BCUT2D eigenvalue weighted by atomic mass is 16.5. The molecule has 0 aliphatic carbocycles. The van der Waals surface area contributed by atoms with Gasteiger partial charge in [0.05, 0.1) is 13.5 Å². The first-order valence-electron chi connectivity index (χ1n) is 3.68. The van der Waals surface area contributed by atoms with Crippen LogP contribution in [0.3, 0.4) is 0 Å². The molecule has 0 bridgehead atoms. The van der Waals surface area contributed by atoms with Crippen molar-refractivity contribution < 1.29 is 29.3 Å².